The molecule has 3 heterocycles. The Hall–Kier alpha value is -2.69. The van der Waals surface area contributed by atoms with Crippen LogP contribution < -0.4 is 10.5 Å². The molecule has 1 saturated heterocycles. The number of pyridine rings is 1. The third-order valence-corrected chi connectivity index (χ3v) is 4.34. The Morgan fingerprint density at radius 3 is 2.83 bits per heavy atom. The zero-order chi connectivity index (χ0) is 15.8. The molecule has 3 aromatic rings. The highest BCUT2D eigenvalue weighted by Crippen LogP contribution is 2.32. The summed E-state index contributed by atoms with van der Waals surface area (Å²) in [6.45, 7) is 4.59. The maximum atomic E-state index is 11.7. The number of hydrogen-bond acceptors (Lipinski definition) is 4. The Morgan fingerprint density at radius 2 is 2.00 bits per heavy atom. The lowest BCUT2D eigenvalue weighted by Crippen LogP contribution is -2.49. The van der Waals surface area contributed by atoms with Gasteiger partial charge in [-0.15, -0.1) is 0 Å². The van der Waals surface area contributed by atoms with Gasteiger partial charge in [-0.1, -0.05) is 18.2 Å². The number of rotatable bonds is 3. The molecule has 5 heteroatoms. The van der Waals surface area contributed by atoms with Crippen LogP contribution in [0.5, 0.6) is 0 Å². The molecule has 0 spiro atoms. The molecule has 0 amide bonds. The summed E-state index contributed by atoms with van der Waals surface area (Å²) in [6.07, 6.45) is 1.66. The van der Waals surface area contributed by atoms with Crippen molar-refractivity contribution in [3.63, 3.8) is 0 Å². The molecule has 1 fully saturated rings. The third kappa shape index (κ3) is 2.59. The molecular formula is C18H18N4O. The molecule has 4 rings (SSSR count). The van der Waals surface area contributed by atoms with E-state index in [2.05, 4.69) is 33.2 Å². The summed E-state index contributed by atoms with van der Waals surface area (Å²) in [4.78, 5) is 18.7. The van der Waals surface area contributed by atoms with Crippen molar-refractivity contribution in [3.05, 3.63) is 64.7 Å². The number of para-hydroxylation sites is 1. The van der Waals surface area contributed by atoms with E-state index < -0.39 is 0 Å². The zero-order valence-corrected chi connectivity index (χ0v) is 13.0. The number of hydrogen-bond donors (Lipinski definition) is 0. The smallest absolute Gasteiger partial charge is 0.266 e. The first-order valence-corrected chi connectivity index (χ1v) is 7.84. The average Bonchev–Trinajstić information content (AvgIpc) is 2.51. The van der Waals surface area contributed by atoms with Gasteiger partial charge in [0.2, 0.25) is 0 Å². The van der Waals surface area contributed by atoms with Gasteiger partial charge in [0.05, 0.1) is 12.1 Å². The van der Waals surface area contributed by atoms with Gasteiger partial charge in [0.15, 0.2) is 0 Å². The Morgan fingerprint density at radius 1 is 1.17 bits per heavy atom. The summed E-state index contributed by atoms with van der Waals surface area (Å²) >= 11 is 0. The van der Waals surface area contributed by atoms with Crippen molar-refractivity contribution in [1.29, 1.82) is 0 Å². The summed E-state index contributed by atoms with van der Waals surface area (Å²) in [5.41, 5.74) is 3.27. The SMILES string of the molecule is Cc1cc(N2CC(Cn3ncccc3=O)C2)c2ccccc2n1. The maximum absolute atomic E-state index is 11.7. The molecule has 0 atom stereocenters. The van der Waals surface area contributed by atoms with Gasteiger partial charge >= 0.3 is 0 Å². The lowest BCUT2D eigenvalue weighted by Gasteiger charge is -2.41. The molecule has 1 aliphatic heterocycles. The highest BCUT2D eigenvalue weighted by molar-refractivity contribution is 5.92. The molecule has 2 aromatic heterocycles. The van der Waals surface area contributed by atoms with Gasteiger partial charge in [-0.2, -0.15) is 5.10 Å². The molecular weight excluding hydrogens is 288 g/mol. The fourth-order valence-electron chi connectivity index (χ4n) is 3.20. The first-order chi connectivity index (χ1) is 11.2. The molecule has 0 N–H and O–H groups in total. The first kappa shape index (κ1) is 13.9. The van der Waals surface area contributed by atoms with E-state index in [9.17, 15) is 4.79 Å². The molecule has 0 radical (unpaired) electrons. The molecule has 1 aromatic carbocycles. The van der Waals surface area contributed by atoms with Gasteiger partial charge in [0, 0.05) is 48.0 Å². The Balaban J connectivity index is 1.54. The van der Waals surface area contributed by atoms with Gasteiger partial charge in [-0.3, -0.25) is 9.78 Å². The second-order valence-electron chi connectivity index (χ2n) is 6.11. The summed E-state index contributed by atoms with van der Waals surface area (Å²) < 4.78 is 1.55. The number of fused-ring (bicyclic) bond motifs is 1. The highest BCUT2D eigenvalue weighted by Gasteiger charge is 2.29. The van der Waals surface area contributed by atoms with Crippen LogP contribution in [0.25, 0.3) is 10.9 Å². The maximum Gasteiger partial charge on any atom is 0.266 e. The van der Waals surface area contributed by atoms with E-state index in [1.54, 1.807) is 23.0 Å². The predicted molar refractivity (Wildman–Crippen MR) is 90.7 cm³/mol. The molecule has 0 saturated carbocycles. The summed E-state index contributed by atoms with van der Waals surface area (Å²) in [5.74, 6) is 0.454. The minimum Gasteiger partial charge on any atom is -0.370 e. The number of aryl methyl sites for hydroxylation is 1. The van der Waals surface area contributed by atoms with Gasteiger partial charge in [-0.05, 0) is 25.1 Å². The quantitative estimate of drug-likeness (QED) is 0.744. The zero-order valence-electron chi connectivity index (χ0n) is 13.0. The van der Waals surface area contributed by atoms with Crippen LogP contribution >= 0.6 is 0 Å². The van der Waals surface area contributed by atoms with Gasteiger partial charge in [0.25, 0.3) is 5.56 Å². The molecule has 0 bridgehead atoms. The van der Waals surface area contributed by atoms with Crippen LogP contribution in [0.1, 0.15) is 5.69 Å². The predicted octanol–water partition coefficient (Wildman–Crippen LogP) is 2.24. The lowest BCUT2D eigenvalue weighted by atomic mass is 9.98. The summed E-state index contributed by atoms with van der Waals surface area (Å²) in [6, 6.07) is 13.6. The number of nitrogens with zero attached hydrogens (tertiary/aromatic N) is 4. The van der Waals surface area contributed by atoms with E-state index in [4.69, 9.17) is 0 Å². The van der Waals surface area contributed by atoms with Crippen molar-refractivity contribution in [2.75, 3.05) is 18.0 Å². The van der Waals surface area contributed by atoms with Gasteiger partial charge in [0.1, 0.15) is 0 Å². The molecule has 0 aliphatic carbocycles. The second kappa shape index (κ2) is 5.50. The van der Waals surface area contributed by atoms with Gasteiger partial charge in [-0.25, -0.2) is 4.68 Å². The number of anilines is 1. The van der Waals surface area contributed by atoms with E-state index in [-0.39, 0.29) is 5.56 Å². The van der Waals surface area contributed by atoms with Crippen molar-refractivity contribution in [3.8, 4) is 0 Å². The van der Waals surface area contributed by atoms with Crippen molar-refractivity contribution >= 4 is 16.6 Å². The van der Waals surface area contributed by atoms with Crippen molar-refractivity contribution in [2.24, 2.45) is 5.92 Å². The van der Waals surface area contributed by atoms with E-state index >= 15 is 0 Å². The monoisotopic (exact) mass is 306 g/mol. The number of benzene rings is 1. The standard InChI is InChI=1S/C18H18N4O/c1-13-9-17(15-5-2-3-6-16(15)20-13)21-10-14(11-21)12-22-18(23)7-4-8-19-22/h2-9,14H,10-12H2,1H3. The molecule has 116 valence electrons. The largest absolute Gasteiger partial charge is 0.370 e. The molecule has 0 unspecified atom stereocenters. The van der Waals surface area contributed by atoms with Crippen LogP contribution in [0.15, 0.2) is 53.5 Å². The van der Waals surface area contributed by atoms with Crippen LogP contribution in [-0.2, 0) is 6.54 Å². The fraction of sp³-hybridized carbons (Fsp3) is 0.278. The third-order valence-electron chi connectivity index (χ3n) is 4.34. The highest BCUT2D eigenvalue weighted by atomic mass is 16.1. The lowest BCUT2D eigenvalue weighted by molar-refractivity contribution is 0.335. The minimum atomic E-state index is -0.0313. The average molecular weight is 306 g/mol. The van der Waals surface area contributed by atoms with Crippen molar-refractivity contribution in [1.82, 2.24) is 14.8 Å². The van der Waals surface area contributed by atoms with E-state index in [0.717, 1.165) is 24.3 Å². The minimum absolute atomic E-state index is 0.0313. The van der Waals surface area contributed by atoms with Crippen molar-refractivity contribution < 1.29 is 0 Å². The van der Waals surface area contributed by atoms with E-state index in [1.165, 1.54) is 11.1 Å². The molecule has 1 aliphatic rings. The van der Waals surface area contributed by atoms with Crippen LogP contribution in [0, 0.1) is 12.8 Å². The van der Waals surface area contributed by atoms with Crippen molar-refractivity contribution in [2.45, 2.75) is 13.5 Å². The van der Waals surface area contributed by atoms with Crippen LogP contribution in [0.4, 0.5) is 5.69 Å². The Bertz CT molecular complexity index is 912. The van der Waals surface area contributed by atoms with Crippen LogP contribution in [0.3, 0.4) is 0 Å². The van der Waals surface area contributed by atoms with Crippen LogP contribution in [-0.4, -0.2) is 27.9 Å². The molecule has 5 nitrogen and oxygen atoms in total. The fourth-order valence-corrected chi connectivity index (χ4v) is 3.20. The number of aromatic nitrogens is 3. The Kier molecular flexibility index (Phi) is 3.33. The Labute approximate surface area is 134 Å². The topological polar surface area (TPSA) is 51.0 Å². The first-order valence-electron chi connectivity index (χ1n) is 7.84. The van der Waals surface area contributed by atoms with E-state index in [1.807, 2.05) is 19.1 Å². The van der Waals surface area contributed by atoms with Crippen LogP contribution in [0.2, 0.25) is 0 Å². The summed E-state index contributed by atoms with van der Waals surface area (Å²) in [5, 5.41) is 5.32. The van der Waals surface area contributed by atoms with Gasteiger partial charge < -0.3 is 4.90 Å². The second-order valence-corrected chi connectivity index (χ2v) is 6.11. The molecule has 23 heavy (non-hydrogen) atoms. The van der Waals surface area contributed by atoms with E-state index in [0.29, 0.717) is 12.5 Å². The summed E-state index contributed by atoms with van der Waals surface area (Å²) in [7, 11) is 0. The normalized spacial score (nSPS) is 14.9.